The van der Waals surface area contributed by atoms with Gasteiger partial charge in [-0.05, 0) is 49.9 Å². The van der Waals surface area contributed by atoms with E-state index in [1.807, 2.05) is 0 Å². The summed E-state index contributed by atoms with van der Waals surface area (Å²) in [6.07, 6.45) is 6.02. The van der Waals surface area contributed by atoms with Crippen molar-refractivity contribution in [2.24, 2.45) is 0 Å². The zero-order valence-electron chi connectivity index (χ0n) is 15.8. The molecule has 2 aromatic heterocycles. The maximum absolute atomic E-state index is 14.3. The number of halogens is 2. The summed E-state index contributed by atoms with van der Waals surface area (Å²) in [4.78, 5) is 12.5. The first-order chi connectivity index (χ1) is 14.0. The lowest BCUT2D eigenvalue weighted by atomic mass is 9.93. The molecule has 1 aliphatic rings. The van der Waals surface area contributed by atoms with Gasteiger partial charge in [-0.3, -0.25) is 4.98 Å². The molecule has 29 heavy (non-hydrogen) atoms. The predicted octanol–water partition coefficient (Wildman–Crippen LogP) is 3.91. The van der Waals surface area contributed by atoms with E-state index in [0.717, 1.165) is 31.1 Å². The summed E-state index contributed by atoms with van der Waals surface area (Å²) >= 11 is 0. The molecule has 0 saturated heterocycles. The van der Waals surface area contributed by atoms with Crippen molar-refractivity contribution in [2.45, 2.75) is 43.8 Å². The number of aliphatic hydroxyl groups excluding tert-OH is 1. The highest BCUT2D eigenvalue weighted by molar-refractivity contribution is 5.80. The first-order valence-electron chi connectivity index (χ1n) is 9.63. The SMILES string of the molecule is OC1CCC(Nc2ncc3ccc(OCC(F)(F)c4ccccn4)cc3n2)CC1. The molecule has 0 aliphatic heterocycles. The third-order valence-corrected chi connectivity index (χ3v) is 5.04. The topological polar surface area (TPSA) is 80.2 Å². The van der Waals surface area contributed by atoms with E-state index in [9.17, 15) is 13.9 Å². The average molecular weight is 400 g/mol. The van der Waals surface area contributed by atoms with Crippen LogP contribution in [-0.2, 0) is 5.92 Å². The summed E-state index contributed by atoms with van der Waals surface area (Å²) < 4.78 is 33.9. The lowest BCUT2D eigenvalue weighted by molar-refractivity contribution is -0.0504. The lowest BCUT2D eigenvalue weighted by Crippen LogP contribution is -2.28. The van der Waals surface area contributed by atoms with Crippen LogP contribution in [-0.4, -0.2) is 38.8 Å². The Kier molecular flexibility index (Phi) is 5.53. The van der Waals surface area contributed by atoms with Crippen molar-refractivity contribution < 1.29 is 18.6 Å². The summed E-state index contributed by atoms with van der Waals surface area (Å²) in [7, 11) is 0. The van der Waals surface area contributed by atoms with E-state index >= 15 is 0 Å². The van der Waals surface area contributed by atoms with Crippen molar-refractivity contribution in [1.82, 2.24) is 15.0 Å². The Balaban J connectivity index is 1.45. The average Bonchev–Trinajstić information content (AvgIpc) is 2.74. The van der Waals surface area contributed by atoms with Crippen LogP contribution in [0.4, 0.5) is 14.7 Å². The maximum Gasteiger partial charge on any atom is 0.322 e. The van der Waals surface area contributed by atoms with Crippen LogP contribution < -0.4 is 10.1 Å². The fraction of sp³-hybridized carbons (Fsp3) is 0.381. The second-order valence-corrected chi connectivity index (χ2v) is 7.27. The Labute approximate surface area is 167 Å². The Morgan fingerprint density at radius 2 is 1.93 bits per heavy atom. The number of fused-ring (bicyclic) bond motifs is 1. The van der Waals surface area contributed by atoms with Crippen LogP contribution >= 0.6 is 0 Å². The Bertz CT molecular complexity index is 963. The van der Waals surface area contributed by atoms with Gasteiger partial charge in [-0.25, -0.2) is 9.97 Å². The zero-order valence-corrected chi connectivity index (χ0v) is 15.8. The molecule has 3 aromatic rings. The molecule has 152 valence electrons. The van der Waals surface area contributed by atoms with Gasteiger partial charge in [0.05, 0.1) is 11.6 Å². The predicted molar refractivity (Wildman–Crippen MR) is 105 cm³/mol. The van der Waals surface area contributed by atoms with Gasteiger partial charge in [0, 0.05) is 29.9 Å². The van der Waals surface area contributed by atoms with E-state index in [0.29, 0.717) is 17.2 Å². The van der Waals surface area contributed by atoms with Gasteiger partial charge in [0.1, 0.15) is 11.4 Å². The number of aromatic nitrogens is 3. The zero-order chi connectivity index (χ0) is 20.3. The van der Waals surface area contributed by atoms with Crippen LogP contribution in [0.25, 0.3) is 10.9 Å². The quantitative estimate of drug-likeness (QED) is 0.653. The minimum Gasteiger partial charge on any atom is -0.487 e. The summed E-state index contributed by atoms with van der Waals surface area (Å²) in [5, 5.41) is 13.7. The molecule has 1 aliphatic carbocycles. The molecule has 2 heterocycles. The number of rotatable bonds is 6. The molecule has 0 unspecified atom stereocenters. The van der Waals surface area contributed by atoms with E-state index in [-0.39, 0.29) is 17.8 Å². The van der Waals surface area contributed by atoms with Gasteiger partial charge in [-0.1, -0.05) is 6.07 Å². The van der Waals surface area contributed by atoms with Crippen molar-refractivity contribution in [1.29, 1.82) is 0 Å². The van der Waals surface area contributed by atoms with Crippen molar-refractivity contribution in [3.63, 3.8) is 0 Å². The molecule has 0 bridgehead atoms. The van der Waals surface area contributed by atoms with Crippen LogP contribution in [0.3, 0.4) is 0 Å². The number of aliphatic hydroxyl groups is 1. The fourth-order valence-electron chi connectivity index (χ4n) is 3.39. The van der Waals surface area contributed by atoms with Crippen LogP contribution in [0.2, 0.25) is 0 Å². The van der Waals surface area contributed by atoms with E-state index in [1.54, 1.807) is 30.5 Å². The molecule has 1 fully saturated rings. The molecule has 8 heteroatoms. The molecule has 6 nitrogen and oxygen atoms in total. The number of alkyl halides is 2. The van der Waals surface area contributed by atoms with Gasteiger partial charge in [-0.15, -0.1) is 0 Å². The number of hydrogen-bond donors (Lipinski definition) is 2. The molecule has 4 rings (SSSR count). The van der Waals surface area contributed by atoms with Gasteiger partial charge in [-0.2, -0.15) is 8.78 Å². The minimum absolute atomic E-state index is 0.215. The van der Waals surface area contributed by atoms with Gasteiger partial charge in [0.2, 0.25) is 5.95 Å². The Morgan fingerprint density at radius 3 is 2.69 bits per heavy atom. The maximum atomic E-state index is 14.3. The number of pyridine rings is 1. The standard InChI is InChI=1S/C21H22F2N4O2/c22-21(23,19-3-1-2-10-24-19)13-29-17-9-4-14-12-25-20(27-18(14)11-17)26-15-5-7-16(28)8-6-15/h1-4,9-12,15-16,28H,5-8,13H2,(H,25,26,27). The molecule has 1 saturated carbocycles. The van der Waals surface area contributed by atoms with Crippen LogP contribution in [0.1, 0.15) is 31.4 Å². The lowest BCUT2D eigenvalue weighted by Gasteiger charge is -2.26. The molecule has 2 N–H and O–H groups in total. The molecular weight excluding hydrogens is 378 g/mol. The van der Waals surface area contributed by atoms with Crippen molar-refractivity contribution in [3.05, 3.63) is 54.5 Å². The highest BCUT2D eigenvalue weighted by Crippen LogP contribution is 2.28. The number of nitrogens with one attached hydrogen (secondary N) is 1. The first-order valence-corrected chi connectivity index (χ1v) is 9.63. The normalized spacial score (nSPS) is 19.8. The van der Waals surface area contributed by atoms with Crippen LogP contribution in [0.5, 0.6) is 5.75 Å². The Hall–Kier alpha value is -2.87. The smallest absolute Gasteiger partial charge is 0.322 e. The van der Waals surface area contributed by atoms with E-state index in [4.69, 9.17) is 4.74 Å². The monoisotopic (exact) mass is 400 g/mol. The first kappa shape index (κ1) is 19.4. The fourth-order valence-corrected chi connectivity index (χ4v) is 3.39. The number of hydrogen-bond acceptors (Lipinski definition) is 6. The minimum atomic E-state index is -3.19. The number of nitrogens with zero attached hydrogens (tertiary/aromatic N) is 3. The third kappa shape index (κ3) is 4.76. The molecular formula is C21H22F2N4O2. The number of ether oxygens (including phenoxy) is 1. The van der Waals surface area contributed by atoms with Gasteiger partial charge < -0.3 is 15.2 Å². The van der Waals surface area contributed by atoms with Gasteiger partial charge >= 0.3 is 5.92 Å². The van der Waals surface area contributed by atoms with Crippen molar-refractivity contribution in [2.75, 3.05) is 11.9 Å². The molecule has 0 atom stereocenters. The highest BCUT2D eigenvalue weighted by Gasteiger charge is 2.34. The van der Waals surface area contributed by atoms with E-state index in [2.05, 4.69) is 20.3 Å². The second-order valence-electron chi connectivity index (χ2n) is 7.27. The second kappa shape index (κ2) is 8.24. The highest BCUT2D eigenvalue weighted by atomic mass is 19.3. The summed E-state index contributed by atoms with van der Waals surface area (Å²) in [6.45, 7) is -0.809. The van der Waals surface area contributed by atoms with E-state index < -0.39 is 12.5 Å². The Morgan fingerprint density at radius 1 is 1.10 bits per heavy atom. The van der Waals surface area contributed by atoms with E-state index in [1.165, 1.54) is 18.3 Å². The molecule has 0 radical (unpaired) electrons. The van der Waals surface area contributed by atoms with Crippen molar-refractivity contribution in [3.8, 4) is 5.75 Å². The summed E-state index contributed by atoms with van der Waals surface area (Å²) in [5.41, 5.74) is 0.282. The van der Waals surface area contributed by atoms with Gasteiger partial charge in [0.15, 0.2) is 6.61 Å². The molecule has 1 aromatic carbocycles. The molecule has 0 spiro atoms. The van der Waals surface area contributed by atoms with Crippen LogP contribution in [0, 0.1) is 0 Å². The number of anilines is 1. The summed E-state index contributed by atoms with van der Waals surface area (Å²) in [5.74, 6) is -2.41. The van der Waals surface area contributed by atoms with Crippen LogP contribution in [0.15, 0.2) is 48.8 Å². The number of benzene rings is 1. The summed E-state index contributed by atoms with van der Waals surface area (Å²) in [6, 6.07) is 9.59. The third-order valence-electron chi connectivity index (χ3n) is 5.04. The van der Waals surface area contributed by atoms with Crippen molar-refractivity contribution >= 4 is 16.9 Å². The molecule has 0 amide bonds. The largest absolute Gasteiger partial charge is 0.487 e. The van der Waals surface area contributed by atoms with Gasteiger partial charge in [0.25, 0.3) is 0 Å².